The molecule has 0 atom stereocenters. The Morgan fingerprint density at radius 1 is 0.825 bits per heavy atom. The summed E-state index contributed by atoms with van der Waals surface area (Å²) >= 11 is 13.3. The van der Waals surface area contributed by atoms with Gasteiger partial charge in [0.2, 0.25) is 0 Å². The quantitative estimate of drug-likeness (QED) is 0.114. The molecule has 0 heterocycles. The van der Waals surface area contributed by atoms with E-state index in [9.17, 15) is 14.4 Å². The Morgan fingerprint density at radius 3 is 2.35 bits per heavy atom. The molecular formula is C31H24Cl2N2O4S. The fourth-order valence-corrected chi connectivity index (χ4v) is 4.75. The Morgan fingerprint density at radius 2 is 1.60 bits per heavy atom. The van der Waals surface area contributed by atoms with E-state index in [0.29, 0.717) is 38.2 Å². The fraction of sp³-hybridized carbons (Fsp3) is 0.0645. The Balaban J connectivity index is 1.50. The van der Waals surface area contributed by atoms with Gasteiger partial charge in [-0.05, 0) is 72.3 Å². The molecule has 4 rings (SSSR count). The molecule has 6 nitrogen and oxygen atoms in total. The fourth-order valence-electron chi connectivity index (χ4n) is 3.60. The minimum Gasteiger partial charge on any atom is -0.497 e. The van der Waals surface area contributed by atoms with Crippen molar-refractivity contribution >= 4 is 64.3 Å². The van der Waals surface area contributed by atoms with Crippen LogP contribution in [0.2, 0.25) is 10.0 Å². The van der Waals surface area contributed by atoms with E-state index in [1.54, 1.807) is 104 Å². The van der Waals surface area contributed by atoms with E-state index in [-0.39, 0.29) is 17.2 Å². The van der Waals surface area contributed by atoms with E-state index >= 15 is 0 Å². The van der Waals surface area contributed by atoms with E-state index in [0.717, 1.165) is 4.90 Å². The molecule has 0 saturated carbocycles. The number of thioether (sulfide) groups is 1. The van der Waals surface area contributed by atoms with Gasteiger partial charge in [-0.15, -0.1) is 11.8 Å². The number of carbonyl (C=O) groups is 3. The number of ketones is 1. The molecule has 2 N–H and O–H groups in total. The maximum Gasteiger partial charge on any atom is 0.272 e. The van der Waals surface area contributed by atoms with Gasteiger partial charge in [-0.1, -0.05) is 59.6 Å². The van der Waals surface area contributed by atoms with Crippen molar-refractivity contribution in [2.75, 3.05) is 18.2 Å². The van der Waals surface area contributed by atoms with Crippen LogP contribution >= 0.6 is 35.0 Å². The van der Waals surface area contributed by atoms with Gasteiger partial charge in [0.25, 0.3) is 11.8 Å². The van der Waals surface area contributed by atoms with Gasteiger partial charge < -0.3 is 15.4 Å². The largest absolute Gasteiger partial charge is 0.497 e. The van der Waals surface area contributed by atoms with Crippen molar-refractivity contribution in [2.24, 2.45) is 0 Å². The van der Waals surface area contributed by atoms with Gasteiger partial charge in [-0.2, -0.15) is 0 Å². The van der Waals surface area contributed by atoms with Crippen LogP contribution in [0.1, 0.15) is 26.3 Å². The second-order valence-electron chi connectivity index (χ2n) is 8.48. The summed E-state index contributed by atoms with van der Waals surface area (Å²) < 4.78 is 5.28. The highest BCUT2D eigenvalue weighted by molar-refractivity contribution is 8.00. The number of carbonyl (C=O) groups excluding carboxylic acids is 3. The predicted molar refractivity (Wildman–Crippen MR) is 161 cm³/mol. The zero-order valence-corrected chi connectivity index (χ0v) is 23.6. The van der Waals surface area contributed by atoms with Crippen LogP contribution in [0.4, 0.5) is 5.69 Å². The van der Waals surface area contributed by atoms with E-state index in [4.69, 9.17) is 27.9 Å². The maximum atomic E-state index is 13.4. The average Bonchev–Trinajstić information content (AvgIpc) is 2.97. The van der Waals surface area contributed by atoms with E-state index < -0.39 is 11.8 Å². The summed E-state index contributed by atoms with van der Waals surface area (Å²) in [5.41, 5.74) is 2.10. The van der Waals surface area contributed by atoms with Crippen molar-refractivity contribution in [3.8, 4) is 5.75 Å². The zero-order chi connectivity index (χ0) is 28.5. The van der Waals surface area contributed by atoms with E-state index in [2.05, 4.69) is 10.6 Å². The first-order valence-electron chi connectivity index (χ1n) is 12.1. The van der Waals surface area contributed by atoms with Gasteiger partial charge in [0, 0.05) is 21.7 Å². The Kier molecular flexibility index (Phi) is 10.0. The Hall–Kier alpha value is -4.04. The summed E-state index contributed by atoms with van der Waals surface area (Å²) in [6.07, 6.45) is 1.58. The van der Waals surface area contributed by atoms with Gasteiger partial charge in [0.1, 0.15) is 11.4 Å². The highest BCUT2D eigenvalue weighted by atomic mass is 35.5. The summed E-state index contributed by atoms with van der Waals surface area (Å²) in [6.45, 7) is 0. The zero-order valence-electron chi connectivity index (χ0n) is 21.3. The molecule has 0 unspecified atom stereocenters. The van der Waals surface area contributed by atoms with Crippen LogP contribution in [0, 0.1) is 0 Å². The van der Waals surface area contributed by atoms with Gasteiger partial charge >= 0.3 is 0 Å². The molecule has 0 spiro atoms. The van der Waals surface area contributed by atoms with Crippen LogP contribution in [-0.2, 0) is 4.79 Å². The second kappa shape index (κ2) is 13.8. The third kappa shape index (κ3) is 7.99. The summed E-state index contributed by atoms with van der Waals surface area (Å²) in [7, 11) is 1.55. The van der Waals surface area contributed by atoms with Crippen LogP contribution in [-0.4, -0.2) is 30.5 Å². The normalized spacial score (nSPS) is 11.0. The molecule has 4 aromatic carbocycles. The number of anilines is 1. The van der Waals surface area contributed by atoms with Gasteiger partial charge in [0.05, 0.1) is 22.9 Å². The number of hydrogen-bond donors (Lipinski definition) is 2. The van der Waals surface area contributed by atoms with Gasteiger partial charge in [-0.3, -0.25) is 14.4 Å². The predicted octanol–water partition coefficient (Wildman–Crippen LogP) is 7.39. The smallest absolute Gasteiger partial charge is 0.272 e. The molecule has 0 saturated heterocycles. The minimum atomic E-state index is -0.513. The first-order valence-corrected chi connectivity index (χ1v) is 13.8. The van der Waals surface area contributed by atoms with Gasteiger partial charge in [0.15, 0.2) is 5.78 Å². The standard InChI is InChI=1S/C31H24Cl2N2O4S/c1-39-24-11-5-7-20(15-24)16-28(35-30(37)21-8-3-2-4-9-21)31(38)34-23-10-6-12-25(18-23)40-19-29(36)22-13-14-26(32)27(33)17-22/h2-18H,19H2,1H3,(H,34,38)(H,35,37)/b28-16-. The number of amides is 2. The van der Waals surface area contributed by atoms with E-state index in [1.807, 2.05) is 6.07 Å². The maximum absolute atomic E-state index is 13.4. The molecule has 0 aliphatic heterocycles. The minimum absolute atomic E-state index is 0.0509. The lowest BCUT2D eigenvalue weighted by Gasteiger charge is -2.12. The van der Waals surface area contributed by atoms with Crippen LogP contribution in [0.5, 0.6) is 5.75 Å². The molecule has 40 heavy (non-hydrogen) atoms. The topological polar surface area (TPSA) is 84.5 Å². The molecule has 2 amide bonds. The SMILES string of the molecule is COc1cccc(/C=C(\NC(=O)c2ccccc2)C(=O)Nc2cccc(SCC(=O)c3ccc(Cl)c(Cl)c3)c2)c1. The monoisotopic (exact) mass is 590 g/mol. The van der Waals surface area contributed by atoms with Gasteiger partial charge in [-0.25, -0.2) is 0 Å². The number of hydrogen-bond acceptors (Lipinski definition) is 5. The molecule has 0 fully saturated rings. The van der Waals surface area contributed by atoms with Crippen LogP contribution in [0.25, 0.3) is 6.08 Å². The lowest BCUT2D eigenvalue weighted by atomic mass is 10.1. The third-order valence-corrected chi connectivity index (χ3v) is 7.37. The summed E-state index contributed by atoms with van der Waals surface area (Å²) in [5.74, 6) is -0.256. The molecule has 0 aromatic heterocycles. The van der Waals surface area contributed by atoms with Crippen LogP contribution in [0.15, 0.2) is 108 Å². The molecule has 202 valence electrons. The van der Waals surface area contributed by atoms with Crippen LogP contribution < -0.4 is 15.4 Å². The highest BCUT2D eigenvalue weighted by Gasteiger charge is 2.16. The Bertz CT molecular complexity index is 1570. The van der Waals surface area contributed by atoms with E-state index in [1.165, 1.54) is 11.8 Å². The number of halogens is 2. The van der Waals surface area contributed by atoms with Crippen molar-refractivity contribution in [3.05, 3.63) is 129 Å². The first kappa shape index (κ1) is 29.0. The molecule has 0 bridgehead atoms. The van der Waals surface area contributed by atoms with Crippen molar-refractivity contribution in [1.29, 1.82) is 0 Å². The number of rotatable bonds is 10. The Labute approximate surface area is 246 Å². The summed E-state index contributed by atoms with van der Waals surface area (Å²) in [6, 6.07) is 27.6. The summed E-state index contributed by atoms with van der Waals surface area (Å²) in [4.78, 5) is 39.6. The number of Topliss-reactive ketones (excluding diaryl/α,β-unsaturated/α-hetero) is 1. The first-order chi connectivity index (χ1) is 19.3. The highest BCUT2D eigenvalue weighted by Crippen LogP contribution is 2.26. The lowest BCUT2D eigenvalue weighted by Crippen LogP contribution is -2.30. The van der Waals surface area contributed by atoms with Crippen LogP contribution in [0.3, 0.4) is 0 Å². The van der Waals surface area contributed by atoms with Crippen molar-refractivity contribution in [1.82, 2.24) is 5.32 Å². The third-order valence-electron chi connectivity index (χ3n) is 5.64. The molecule has 0 aliphatic rings. The number of ether oxygens (including phenoxy) is 1. The number of methoxy groups -OCH3 is 1. The molecular weight excluding hydrogens is 567 g/mol. The summed E-state index contributed by atoms with van der Waals surface area (Å²) in [5, 5.41) is 6.26. The lowest BCUT2D eigenvalue weighted by molar-refractivity contribution is -0.113. The van der Waals surface area contributed by atoms with Crippen molar-refractivity contribution in [2.45, 2.75) is 4.90 Å². The second-order valence-corrected chi connectivity index (χ2v) is 10.3. The number of benzene rings is 4. The molecule has 9 heteroatoms. The molecule has 4 aromatic rings. The molecule has 0 radical (unpaired) electrons. The average molecular weight is 592 g/mol. The van der Waals surface area contributed by atoms with Crippen molar-refractivity contribution < 1.29 is 19.1 Å². The molecule has 0 aliphatic carbocycles. The van der Waals surface area contributed by atoms with Crippen molar-refractivity contribution in [3.63, 3.8) is 0 Å². The number of nitrogens with one attached hydrogen (secondary N) is 2.